The van der Waals surface area contributed by atoms with Crippen LogP contribution in [0, 0.1) is 0 Å². The second-order valence-corrected chi connectivity index (χ2v) is 5.19. The first-order valence-electron chi connectivity index (χ1n) is 7.25. The van der Waals surface area contributed by atoms with Crippen LogP contribution in [0.4, 0.5) is 0 Å². The topological polar surface area (TPSA) is 60.9 Å². The van der Waals surface area contributed by atoms with Crippen LogP contribution in [0.1, 0.15) is 21.7 Å². The molecule has 0 amide bonds. The fourth-order valence-corrected chi connectivity index (χ4v) is 2.64. The van der Waals surface area contributed by atoms with Crippen molar-refractivity contribution in [1.82, 2.24) is 14.8 Å². The molecule has 0 spiro atoms. The molecule has 2 aromatic heterocycles. The molecule has 112 valence electrons. The number of hydrogen-bond acceptors (Lipinski definition) is 4. The lowest BCUT2D eigenvalue weighted by molar-refractivity contribution is 0.101. The predicted octanol–water partition coefficient (Wildman–Crippen LogP) is 3.30. The van der Waals surface area contributed by atoms with Crippen molar-refractivity contribution in [2.24, 2.45) is 0 Å². The van der Waals surface area contributed by atoms with Crippen LogP contribution in [-0.4, -0.2) is 20.5 Å². The monoisotopic (exact) mass is 303 g/mol. The maximum absolute atomic E-state index is 12.8. The van der Waals surface area contributed by atoms with Crippen molar-refractivity contribution in [3.05, 3.63) is 84.1 Å². The van der Waals surface area contributed by atoms with Crippen molar-refractivity contribution in [2.75, 3.05) is 0 Å². The van der Waals surface area contributed by atoms with Gasteiger partial charge in [-0.1, -0.05) is 48.5 Å². The Morgan fingerprint density at radius 3 is 2.61 bits per heavy atom. The molecule has 0 fully saturated rings. The Kier molecular flexibility index (Phi) is 3.24. The van der Waals surface area contributed by atoms with Gasteiger partial charge in [-0.3, -0.25) is 4.79 Å². The highest BCUT2D eigenvalue weighted by molar-refractivity contribution is 6.10. The summed E-state index contributed by atoms with van der Waals surface area (Å²) in [4.78, 5) is 16.8. The summed E-state index contributed by atoms with van der Waals surface area (Å²) >= 11 is 0. The molecule has 0 saturated carbocycles. The van der Waals surface area contributed by atoms with Crippen molar-refractivity contribution < 1.29 is 9.21 Å². The Morgan fingerprint density at radius 1 is 1.04 bits per heavy atom. The molecule has 0 saturated heterocycles. The Balaban J connectivity index is 1.87. The number of para-hydroxylation sites is 1. The van der Waals surface area contributed by atoms with Gasteiger partial charge in [-0.15, -0.1) is 0 Å². The van der Waals surface area contributed by atoms with Crippen LogP contribution >= 0.6 is 0 Å². The van der Waals surface area contributed by atoms with E-state index in [4.69, 9.17) is 4.42 Å². The molecule has 0 N–H and O–H groups in total. The van der Waals surface area contributed by atoms with Gasteiger partial charge >= 0.3 is 0 Å². The lowest BCUT2D eigenvalue weighted by atomic mass is 10.0. The molecule has 0 atom stereocenters. The summed E-state index contributed by atoms with van der Waals surface area (Å²) in [5.74, 6) is 0.227. The standard InChI is InChI=1S/C18H13N3O2/c22-17(13-6-2-1-3-7-13)18-15(10-21-12-19-11-20-21)14-8-4-5-9-16(14)23-18/h1-9,11-12H,10H2. The number of ketones is 1. The fourth-order valence-electron chi connectivity index (χ4n) is 2.64. The summed E-state index contributed by atoms with van der Waals surface area (Å²) in [5.41, 5.74) is 2.12. The van der Waals surface area contributed by atoms with E-state index in [0.717, 1.165) is 10.9 Å². The molecule has 0 aliphatic heterocycles. The largest absolute Gasteiger partial charge is 0.452 e. The minimum atomic E-state index is -0.128. The zero-order valence-electron chi connectivity index (χ0n) is 12.2. The number of benzene rings is 2. The Hall–Kier alpha value is -3.21. The molecule has 0 bridgehead atoms. The molecule has 4 rings (SSSR count). The fraction of sp³-hybridized carbons (Fsp3) is 0.0556. The third kappa shape index (κ3) is 2.42. The quantitative estimate of drug-likeness (QED) is 0.543. The van der Waals surface area contributed by atoms with Crippen LogP contribution < -0.4 is 0 Å². The molecule has 0 unspecified atom stereocenters. The average molecular weight is 303 g/mol. The molecule has 2 aromatic carbocycles. The number of furan rings is 1. The van der Waals surface area contributed by atoms with Gasteiger partial charge in [0.2, 0.25) is 5.78 Å². The molecule has 5 nitrogen and oxygen atoms in total. The second kappa shape index (κ2) is 5.53. The molecule has 2 heterocycles. The highest BCUT2D eigenvalue weighted by Gasteiger charge is 2.21. The van der Waals surface area contributed by atoms with Crippen molar-refractivity contribution in [3.63, 3.8) is 0 Å². The van der Waals surface area contributed by atoms with Crippen LogP contribution in [0.2, 0.25) is 0 Å². The summed E-state index contributed by atoms with van der Waals surface area (Å²) in [5, 5.41) is 5.04. The van der Waals surface area contributed by atoms with Crippen LogP contribution in [0.25, 0.3) is 11.0 Å². The number of aromatic nitrogens is 3. The van der Waals surface area contributed by atoms with Gasteiger partial charge in [0.1, 0.15) is 18.2 Å². The van der Waals surface area contributed by atoms with E-state index in [1.807, 2.05) is 42.5 Å². The van der Waals surface area contributed by atoms with E-state index in [0.29, 0.717) is 23.5 Å². The van der Waals surface area contributed by atoms with Crippen LogP contribution in [0.15, 0.2) is 71.7 Å². The van der Waals surface area contributed by atoms with E-state index in [2.05, 4.69) is 10.1 Å². The van der Waals surface area contributed by atoms with Crippen molar-refractivity contribution in [3.8, 4) is 0 Å². The number of carbonyl (C=O) groups excluding carboxylic acids is 1. The van der Waals surface area contributed by atoms with E-state index in [-0.39, 0.29) is 5.78 Å². The summed E-state index contributed by atoms with van der Waals surface area (Å²) in [6.45, 7) is 0.435. The molecular formula is C18H13N3O2. The highest BCUT2D eigenvalue weighted by atomic mass is 16.3. The normalized spacial score (nSPS) is 11.0. The van der Waals surface area contributed by atoms with E-state index >= 15 is 0 Å². The molecule has 4 aromatic rings. The first kappa shape index (κ1) is 13.5. The third-order valence-corrected chi connectivity index (χ3v) is 3.73. The first-order chi connectivity index (χ1) is 11.3. The van der Waals surface area contributed by atoms with E-state index in [1.165, 1.54) is 6.33 Å². The number of hydrogen-bond donors (Lipinski definition) is 0. The molecule has 23 heavy (non-hydrogen) atoms. The smallest absolute Gasteiger partial charge is 0.228 e. The zero-order chi connectivity index (χ0) is 15.6. The number of nitrogens with zero attached hydrogens (tertiary/aromatic N) is 3. The van der Waals surface area contributed by atoms with Crippen LogP contribution in [0.5, 0.6) is 0 Å². The minimum absolute atomic E-state index is 0.128. The van der Waals surface area contributed by atoms with E-state index in [9.17, 15) is 4.79 Å². The summed E-state index contributed by atoms with van der Waals surface area (Å²) in [6.07, 6.45) is 3.10. The second-order valence-electron chi connectivity index (χ2n) is 5.19. The van der Waals surface area contributed by atoms with Crippen molar-refractivity contribution >= 4 is 16.8 Å². The van der Waals surface area contributed by atoms with Gasteiger partial charge in [0.25, 0.3) is 0 Å². The Morgan fingerprint density at radius 2 is 1.83 bits per heavy atom. The average Bonchev–Trinajstić information content (AvgIpc) is 3.24. The number of carbonyl (C=O) groups is 1. The number of fused-ring (bicyclic) bond motifs is 1. The van der Waals surface area contributed by atoms with Gasteiger partial charge < -0.3 is 4.42 Å². The lowest BCUT2D eigenvalue weighted by Crippen LogP contribution is -2.07. The van der Waals surface area contributed by atoms with E-state index < -0.39 is 0 Å². The molecule has 0 radical (unpaired) electrons. The molecular weight excluding hydrogens is 290 g/mol. The van der Waals surface area contributed by atoms with Crippen LogP contribution in [0.3, 0.4) is 0 Å². The lowest BCUT2D eigenvalue weighted by Gasteiger charge is -2.03. The van der Waals surface area contributed by atoms with Gasteiger partial charge in [-0.2, -0.15) is 5.10 Å². The summed E-state index contributed by atoms with van der Waals surface area (Å²) in [7, 11) is 0. The van der Waals surface area contributed by atoms with Crippen molar-refractivity contribution in [2.45, 2.75) is 6.54 Å². The van der Waals surface area contributed by atoms with E-state index in [1.54, 1.807) is 23.1 Å². The number of rotatable bonds is 4. The third-order valence-electron chi connectivity index (χ3n) is 3.73. The first-order valence-corrected chi connectivity index (χ1v) is 7.25. The van der Waals surface area contributed by atoms with Gasteiger partial charge in [0.15, 0.2) is 5.76 Å². The molecule has 0 aliphatic rings. The van der Waals surface area contributed by atoms with Gasteiger partial charge in [0, 0.05) is 16.5 Å². The Bertz CT molecular complexity index is 957. The van der Waals surface area contributed by atoms with Gasteiger partial charge in [-0.05, 0) is 6.07 Å². The Labute approximate surface area is 132 Å². The summed E-state index contributed by atoms with van der Waals surface area (Å²) < 4.78 is 7.53. The minimum Gasteiger partial charge on any atom is -0.452 e. The van der Waals surface area contributed by atoms with Gasteiger partial charge in [0.05, 0.1) is 6.54 Å². The highest BCUT2D eigenvalue weighted by Crippen LogP contribution is 2.28. The van der Waals surface area contributed by atoms with Gasteiger partial charge in [-0.25, -0.2) is 9.67 Å². The molecule has 0 aliphatic carbocycles. The zero-order valence-corrected chi connectivity index (χ0v) is 12.2. The maximum Gasteiger partial charge on any atom is 0.228 e. The SMILES string of the molecule is O=C(c1ccccc1)c1oc2ccccc2c1Cn1cncn1. The van der Waals surface area contributed by atoms with Crippen LogP contribution in [-0.2, 0) is 6.54 Å². The maximum atomic E-state index is 12.8. The molecule has 5 heteroatoms. The van der Waals surface area contributed by atoms with Crippen molar-refractivity contribution in [1.29, 1.82) is 0 Å². The predicted molar refractivity (Wildman–Crippen MR) is 85.2 cm³/mol. The summed E-state index contributed by atoms with van der Waals surface area (Å²) in [6, 6.07) is 16.8.